The van der Waals surface area contributed by atoms with Crippen LogP contribution in [0.1, 0.15) is 11.1 Å². The van der Waals surface area contributed by atoms with Crippen molar-refractivity contribution in [1.29, 1.82) is 0 Å². The zero-order chi connectivity index (χ0) is 17.7. The zero-order valence-electron chi connectivity index (χ0n) is 12.9. The number of nitrogens with zero attached hydrogens (tertiary/aromatic N) is 1. The Hall–Kier alpha value is -1.90. The van der Waals surface area contributed by atoms with E-state index < -0.39 is 22.8 Å². The molecule has 0 aliphatic carbocycles. The van der Waals surface area contributed by atoms with Crippen molar-refractivity contribution in [2.24, 2.45) is 0 Å². The molecule has 0 saturated carbocycles. The summed E-state index contributed by atoms with van der Waals surface area (Å²) in [6.07, 6.45) is 0. The third-order valence-electron chi connectivity index (χ3n) is 3.29. The van der Waals surface area contributed by atoms with Gasteiger partial charge in [0.1, 0.15) is 6.54 Å². The monoisotopic (exact) mass is 412 g/mol. The summed E-state index contributed by atoms with van der Waals surface area (Å²) in [4.78, 5) is 12.0. The van der Waals surface area contributed by atoms with Gasteiger partial charge in [-0.1, -0.05) is 45.8 Å². The van der Waals surface area contributed by atoms with Crippen molar-refractivity contribution in [2.45, 2.75) is 13.5 Å². The number of amides is 1. The topological polar surface area (TPSA) is 86.7 Å². The van der Waals surface area contributed by atoms with E-state index in [0.29, 0.717) is 4.31 Å². The van der Waals surface area contributed by atoms with Crippen LogP contribution in [0.3, 0.4) is 0 Å². The molecule has 0 aromatic heterocycles. The number of hydrogen-bond acceptors (Lipinski definition) is 3. The van der Waals surface area contributed by atoms with Crippen molar-refractivity contribution in [3.05, 3.63) is 64.1 Å². The van der Waals surface area contributed by atoms with Crippen LogP contribution < -0.4 is 9.62 Å². The van der Waals surface area contributed by atoms with Crippen LogP contribution in [0.4, 0.5) is 5.69 Å². The van der Waals surface area contributed by atoms with Gasteiger partial charge in [0.25, 0.3) is 0 Å². The van der Waals surface area contributed by atoms with Crippen LogP contribution in [0.5, 0.6) is 0 Å². The van der Waals surface area contributed by atoms with Crippen molar-refractivity contribution in [1.82, 2.24) is 5.32 Å². The molecule has 0 fully saturated rings. The molecule has 6 nitrogen and oxygen atoms in total. The Kier molecular flexibility index (Phi) is 5.98. The van der Waals surface area contributed by atoms with Crippen LogP contribution in [0, 0.1) is 6.92 Å². The molecular weight excluding hydrogens is 396 g/mol. The molecule has 2 rings (SSSR count). The molecule has 2 aromatic carbocycles. The summed E-state index contributed by atoms with van der Waals surface area (Å²) in [5.74, 6) is -0.517. The van der Waals surface area contributed by atoms with Crippen LogP contribution in [0.2, 0.25) is 0 Å². The summed E-state index contributed by atoms with van der Waals surface area (Å²) in [6.45, 7) is 1.62. The predicted molar refractivity (Wildman–Crippen MR) is 96.1 cm³/mol. The molecule has 0 atom stereocenters. The van der Waals surface area contributed by atoms with Crippen LogP contribution in [-0.2, 0) is 21.6 Å². The first-order valence-corrected chi connectivity index (χ1v) is 9.27. The van der Waals surface area contributed by atoms with Crippen molar-refractivity contribution < 1.29 is 17.8 Å². The zero-order valence-corrected chi connectivity index (χ0v) is 15.3. The van der Waals surface area contributed by atoms with Crippen LogP contribution in [0.15, 0.2) is 53.0 Å². The molecule has 0 unspecified atom stereocenters. The smallest absolute Gasteiger partial charge is 0.350 e. The number of carbonyl (C=O) groups excluding carboxylic acids is 1. The lowest BCUT2D eigenvalue weighted by Gasteiger charge is -2.20. The highest BCUT2D eigenvalue weighted by Gasteiger charge is 2.22. The Morgan fingerprint density at radius 2 is 1.71 bits per heavy atom. The van der Waals surface area contributed by atoms with E-state index in [1.54, 1.807) is 12.1 Å². The number of aryl methyl sites for hydroxylation is 1. The molecule has 0 aliphatic rings. The molecule has 8 heteroatoms. The number of halogens is 1. The SMILES string of the molecule is Cc1ccc(N(CC(=O)NCc2ccc(Br)cc2)S(=O)(=O)O)cc1. The summed E-state index contributed by atoms with van der Waals surface area (Å²) in [5.41, 5.74) is 2.04. The van der Waals surface area contributed by atoms with Crippen LogP contribution >= 0.6 is 15.9 Å². The van der Waals surface area contributed by atoms with Gasteiger partial charge in [-0.05, 0) is 36.8 Å². The number of rotatable bonds is 6. The standard InChI is InChI=1S/C16H17BrN2O4S/c1-12-2-8-15(9-3-12)19(24(21,22)23)11-16(20)18-10-13-4-6-14(17)7-5-13/h2-9H,10-11H2,1H3,(H,18,20)(H,21,22,23). The van der Waals surface area contributed by atoms with Crippen LogP contribution in [-0.4, -0.2) is 25.4 Å². The molecule has 0 saturated heterocycles. The van der Waals surface area contributed by atoms with E-state index in [1.165, 1.54) is 12.1 Å². The molecule has 24 heavy (non-hydrogen) atoms. The lowest BCUT2D eigenvalue weighted by molar-refractivity contribution is -0.119. The highest BCUT2D eigenvalue weighted by atomic mass is 79.9. The third-order valence-corrected chi connectivity index (χ3v) is 4.72. The van der Waals surface area contributed by atoms with Crippen molar-refractivity contribution in [3.8, 4) is 0 Å². The van der Waals surface area contributed by atoms with Gasteiger partial charge in [0.2, 0.25) is 5.91 Å². The van der Waals surface area contributed by atoms with Gasteiger partial charge in [-0.25, -0.2) is 4.31 Å². The molecule has 0 radical (unpaired) electrons. The highest BCUT2D eigenvalue weighted by molar-refractivity contribution is 9.10. The molecule has 2 N–H and O–H groups in total. The van der Waals surface area contributed by atoms with E-state index in [1.807, 2.05) is 31.2 Å². The van der Waals surface area contributed by atoms with E-state index in [2.05, 4.69) is 21.2 Å². The number of hydrogen-bond donors (Lipinski definition) is 2. The predicted octanol–water partition coefficient (Wildman–Crippen LogP) is 2.68. The lowest BCUT2D eigenvalue weighted by Crippen LogP contribution is -2.40. The van der Waals surface area contributed by atoms with Gasteiger partial charge in [-0.3, -0.25) is 9.35 Å². The van der Waals surface area contributed by atoms with Crippen molar-refractivity contribution in [3.63, 3.8) is 0 Å². The number of benzene rings is 2. The highest BCUT2D eigenvalue weighted by Crippen LogP contribution is 2.17. The summed E-state index contributed by atoms with van der Waals surface area (Å²) < 4.78 is 34.1. The van der Waals surface area contributed by atoms with Crippen molar-refractivity contribution in [2.75, 3.05) is 10.8 Å². The van der Waals surface area contributed by atoms with Crippen LogP contribution in [0.25, 0.3) is 0 Å². The molecule has 0 heterocycles. The maximum atomic E-state index is 12.0. The third kappa shape index (κ3) is 5.33. The summed E-state index contributed by atoms with van der Waals surface area (Å²) in [5, 5.41) is 2.63. The van der Waals surface area contributed by atoms with Gasteiger partial charge >= 0.3 is 10.3 Å². The molecular formula is C16H17BrN2O4S. The molecule has 0 aliphatic heterocycles. The summed E-state index contributed by atoms with van der Waals surface area (Å²) in [6, 6.07) is 13.8. The lowest BCUT2D eigenvalue weighted by atomic mass is 10.2. The average molecular weight is 413 g/mol. The van der Waals surface area contributed by atoms with Gasteiger partial charge in [0, 0.05) is 11.0 Å². The summed E-state index contributed by atoms with van der Waals surface area (Å²) in [7, 11) is -4.55. The Balaban J connectivity index is 2.05. The maximum Gasteiger partial charge on any atom is 0.360 e. The second kappa shape index (κ2) is 7.78. The Labute approximate surface area is 149 Å². The van der Waals surface area contributed by atoms with E-state index in [0.717, 1.165) is 15.6 Å². The Morgan fingerprint density at radius 1 is 1.12 bits per heavy atom. The quantitative estimate of drug-likeness (QED) is 0.713. The largest absolute Gasteiger partial charge is 0.360 e. The van der Waals surface area contributed by atoms with E-state index in [9.17, 15) is 17.8 Å². The second-order valence-corrected chi connectivity index (χ2v) is 7.48. The van der Waals surface area contributed by atoms with Gasteiger partial charge in [-0.15, -0.1) is 0 Å². The maximum absolute atomic E-state index is 12.0. The minimum atomic E-state index is -4.55. The molecule has 1 amide bonds. The average Bonchev–Trinajstić information content (AvgIpc) is 2.52. The van der Waals surface area contributed by atoms with Gasteiger partial charge in [0.15, 0.2) is 0 Å². The molecule has 0 bridgehead atoms. The first kappa shape index (κ1) is 18.4. The fourth-order valence-electron chi connectivity index (χ4n) is 2.01. The van der Waals surface area contributed by atoms with Gasteiger partial charge in [-0.2, -0.15) is 8.42 Å². The Bertz CT molecular complexity index is 805. The second-order valence-electron chi connectivity index (χ2n) is 5.22. The Morgan fingerprint density at radius 3 is 2.25 bits per heavy atom. The summed E-state index contributed by atoms with van der Waals surface area (Å²) >= 11 is 3.32. The van der Waals surface area contributed by atoms with Gasteiger partial charge in [0.05, 0.1) is 5.69 Å². The minimum absolute atomic E-state index is 0.224. The van der Waals surface area contributed by atoms with E-state index in [4.69, 9.17) is 0 Å². The number of anilines is 1. The van der Waals surface area contributed by atoms with Gasteiger partial charge < -0.3 is 5.32 Å². The minimum Gasteiger partial charge on any atom is -0.350 e. The fourth-order valence-corrected chi connectivity index (χ4v) is 2.94. The first-order chi connectivity index (χ1) is 11.3. The molecule has 128 valence electrons. The van der Waals surface area contributed by atoms with E-state index in [-0.39, 0.29) is 12.2 Å². The fraction of sp³-hybridized carbons (Fsp3) is 0.188. The van der Waals surface area contributed by atoms with E-state index >= 15 is 0 Å². The first-order valence-electron chi connectivity index (χ1n) is 7.08. The normalized spacial score (nSPS) is 11.1. The van der Waals surface area contributed by atoms with Crippen molar-refractivity contribution >= 4 is 37.8 Å². The number of carbonyl (C=O) groups is 1. The molecule has 2 aromatic rings. The number of nitrogens with one attached hydrogen (secondary N) is 1. The molecule has 0 spiro atoms.